The lowest BCUT2D eigenvalue weighted by molar-refractivity contribution is 0.0984. The van der Waals surface area contributed by atoms with Crippen molar-refractivity contribution in [3.05, 3.63) is 70.4 Å². The smallest absolute Gasteiger partial charge is 0.263 e. The summed E-state index contributed by atoms with van der Waals surface area (Å²) in [5.41, 5.74) is 1.11. The first kappa shape index (κ1) is 21.5. The summed E-state index contributed by atoms with van der Waals surface area (Å²) in [5, 5.41) is 2.53. The second-order valence-corrected chi connectivity index (χ2v) is 10.9. The van der Waals surface area contributed by atoms with E-state index in [2.05, 4.69) is 4.98 Å². The fourth-order valence-corrected chi connectivity index (χ4v) is 5.62. The number of thiophene rings is 1. The highest BCUT2D eigenvalue weighted by molar-refractivity contribution is 7.90. The molecule has 0 spiro atoms. The van der Waals surface area contributed by atoms with Gasteiger partial charge in [0.2, 0.25) is 0 Å². The summed E-state index contributed by atoms with van der Waals surface area (Å²) >= 11 is 2.94. The molecule has 0 saturated carbocycles. The number of benzene rings is 2. The zero-order chi connectivity index (χ0) is 22.0. The number of thiazole rings is 1. The maximum absolute atomic E-state index is 13.5. The van der Waals surface area contributed by atoms with Crippen LogP contribution in [0.2, 0.25) is 0 Å². The van der Waals surface area contributed by atoms with E-state index in [1.165, 1.54) is 29.6 Å². The SMILES string of the molecule is COc1ccccc1C(=O)N(CCc1cccs1)c1nc2ccc(S(C)(=O)=O)cc2s1. The molecule has 0 saturated heterocycles. The third-order valence-corrected chi connectivity index (χ3v) is 7.84. The third-order valence-electron chi connectivity index (χ3n) is 4.75. The Bertz CT molecular complexity index is 1330. The summed E-state index contributed by atoms with van der Waals surface area (Å²) in [6.45, 7) is 0.441. The van der Waals surface area contributed by atoms with Crippen molar-refractivity contribution in [3.8, 4) is 5.75 Å². The quantitative estimate of drug-likeness (QED) is 0.391. The Morgan fingerprint density at radius 3 is 2.65 bits per heavy atom. The average molecular weight is 473 g/mol. The van der Waals surface area contributed by atoms with E-state index >= 15 is 0 Å². The zero-order valence-electron chi connectivity index (χ0n) is 16.9. The number of nitrogens with zero attached hydrogens (tertiary/aromatic N) is 2. The molecule has 2 heterocycles. The highest BCUT2D eigenvalue weighted by Crippen LogP contribution is 2.32. The first-order valence-electron chi connectivity index (χ1n) is 9.45. The maximum atomic E-state index is 13.5. The van der Waals surface area contributed by atoms with E-state index in [0.29, 0.717) is 39.6 Å². The summed E-state index contributed by atoms with van der Waals surface area (Å²) in [4.78, 5) is 21.2. The Hall–Kier alpha value is -2.75. The van der Waals surface area contributed by atoms with Gasteiger partial charge in [0.15, 0.2) is 15.0 Å². The van der Waals surface area contributed by atoms with E-state index in [9.17, 15) is 13.2 Å². The van der Waals surface area contributed by atoms with Gasteiger partial charge in [-0.05, 0) is 48.2 Å². The number of sulfone groups is 1. The van der Waals surface area contributed by atoms with Gasteiger partial charge in [-0.3, -0.25) is 9.69 Å². The van der Waals surface area contributed by atoms with Crippen molar-refractivity contribution in [1.29, 1.82) is 0 Å². The zero-order valence-corrected chi connectivity index (χ0v) is 19.4. The van der Waals surface area contributed by atoms with Crippen LogP contribution in [-0.4, -0.2) is 39.2 Å². The van der Waals surface area contributed by atoms with Crippen molar-refractivity contribution in [3.63, 3.8) is 0 Å². The summed E-state index contributed by atoms with van der Waals surface area (Å²) < 4.78 is 29.9. The molecule has 0 fully saturated rings. The van der Waals surface area contributed by atoms with Gasteiger partial charge in [0.1, 0.15) is 5.75 Å². The molecule has 0 bridgehead atoms. The Morgan fingerprint density at radius 2 is 1.94 bits per heavy atom. The molecule has 6 nitrogen and oxygen atoms in total. The highest BCUT2D eigenvalue weighted by Gasteiger charge is 2.24. The lowest BCUT2D eigenvalue weighted by atomic mass is 10.1. The number of rotatable bonds is 7. The second kappa shape index (κ2) is 8.78. The minimum atomic E-state index is -3.33. The van der Waals surface area contributed by atoms with Gasteiger partial charge in [0.25, 0.3) is 5.91 Å². The van der Waals surface area contributed by atoms with Crippen LogP contribution in [0, 0.1) is 0 Å². The van der Waals surface area contributed by atoms with E-state index in [1.807, 2.05) is 23.6 Å². The van der Waals surface area contributed by atoms with Gasteiger partial charge in [-0.15, -0.1) is 11.3 Å². The summed E-state index contributed by atoms with van der Waals surface area (Å²) in [6, 6.07) is 15.9. The van der Waals surface area contributed by atoms with Gasteiger partial charge in [-0.1, -0.05) is 29.5 Å². The molecule has 0 unspecified atom stereocenters. The number of anilines is 1. The van der Waals surface area contributed by atoms with Crippen LogP contribution >= 0.6 is 22.7 Å². The molecule has 160 valence electrons. The van der Waals surface area contributed by atoms with Crippen LogP contribution < -0.4 is 9.64 Å². The number of carbonyl (C=O) groups is 1. The van der Waals surface area contributed by atoms with Gasteiger partial charge in [0, 0.05) is 17.7 Å². The Kier molecular flexibility index (Phi) is 6.08. The Balaban J connectivity index is 1.75. The number of amides is 1. The van der Waals surface area contributed by atoms with Gasteiger partial charge < -0.3 is 4.74 Å². The van der Waals surface area contributed by atoms with Gasteiger partial charge >= 0.3 is 0 Å². The minimum absolute atomic E-state index is 0.212. The Labute approximate surface area is 188 Å². The summed E-state index contributed by atoms with van der Waals surface area (Å²) in [7, 11) is -1.80. The number of aromatic nitrogens is 1. The van der Waals surface area contributed by atoms with Crippen LogP contribution in [0.15, 0.2) is 64.9 Å². The summed E-state index contributed by atoms with van der Waals surface area (Å²) in [6.07, 6.45) is 1.86. The average Bonchev–Trinajstić information content (AvgIpc) is 3.42. The molecule has 31 heavy (non-hydrogen) atoms. The molecule has 0 N–H and O–H groups in total. The van der Waals surface area contributed by atoms with E-state index in [0.717, 1.165) is 0 Å². The van der Waals surface area contributed by atoms with E-state index in [-0.39, 0.29) is 10.8 Å². The largest absolute Gasteiger partial charge is 0.496 e. The molecule has 4 aromatic rings. The number of ether oxygens (including phenoxy) is 1. The molecular formula is C22H20N2O4S3. The predicted octanol–water partition coefficient (Wildman–Crippen LogP) is 4.66. The molecule has 0 radical (unpaired) electrons. The van der Waals surface area contributed by atoms with E-state index in [1.54, 1.807) is 52.6 Å². The van der Waals surface area contributed by atoms with Crippen LogP contribution in [0.5, 0.6) is 5.75 Å². The number of methoxy groups -OCH3 is 1. The molecule has 1 amide bonds. The molecule has 0 aliphatic heterocycles. The van der Waals surface area contributed by atoms with Crippen LogP contribution in [0.1, 0.15) is 15.2 Å². The van der Waals surface area contributed by atoms with Gasteiger partial charge in [0.05, 0.1) is 27.8 Å². The number of hydrogen-bond donors (Lipinski definition) is 0. The minimum Gasteiger partial charge on any atom is -0.496 e. The molecule has 0 atom stereocenters. The number of fused-ring (bicyclic) bond motifs is 1. The first-order chi connectivity index (χ1) is 14.9. The molecule has 0 aliphatic carbocycles. The summed E-state index contributed by atoms with van der Waals surface area (Å²) in [5.74, 6) is 0.283. The standard InChI is InChI=1S/C22H20N2O4S3/c1-28-19-8-4-3-7-17(19)21(25)24(12-11-15-6-5-13-29-15)22-23-18-10-9-16(31(2,26)27)14-20(18)30-22/h3-10,13-14H,11-12H2,1-2H3. The molecule has 2 aromatic heterocycles. The van der Waals surface area contributed by atoms with Crippen molar-refractivity contribution in [2.45, 2.75) is 11.3 Å². The molecule has 2 aromatic carbocycles. The van der Waals surface area contributed by atoms with Crippen LogP contribution in [0.4, 0.5) is 5.13 Å². The predicted molar refractivity (Wildman–Crippen MR) is 125 cm³/mol. The first-order valence-corrected chi connectivity index (χ1v) is 13.0. The van der Waals surface area contributed by atoms with E-state index < -0.39 is 9.84 Å². The van der Waals surface area contributed by atoms with Crippen molar-refractivity contribution in [1.82, 2.24) is 4.98 Å². The maximum Gasteiger partial charge on any atom is 0.263 e. The molecular weight excluding hydrogens is 452 g/mol. The second-order valence-electron chi connectivity index (χ2n) is 6.88. The topological polar surface area (TPSA) is 76.6 Å². The lowest BCUT2D eigenvalue weighted by Crippen LogP contribution is -2.33. The third kappa shape index (κ3) is 4.63. The highest BCUT2D eigenvalue weighted by atomic mass is 32.2. The van der Waals surface area contributed by atoms with Crippen molar-refractivity contribution < 1.29 is 17.9 Å². The van der Waals surface area contributed by atoms with Gasteiger partial charge in [-0.25, -0.2) is 13.4 Å². The fraction of sp³-hybridized carbons (Fsp3) is 0.182. The van der Waals surface area contributed by atoms with Crippen LogP contribution in [-0.2, 0) is 16.3 Å². The normalized spacial score (nSPS) is 11.5. The Morgan fingerprint density at radius 1 is 1.13 bits per heavy atom. The van der Waals surface area contributed by atoms with Gasteiger partial charge in [-0.2, -0.15) is 0 Å². The lowest BCUT2D eigenvalue weighted by Gasteiger charge is -2.20. The number of para-hydroxylation sites is 1. The van der Waals surface area contributed by atoms with E-state index in [4.69, 9.17) is 4.74 Å². The molecule has 0 aliphatic rings. The fourth-order valence-electron chi connectivity index (χ4n) is 3.17. The number of hydrogen-bond acceptors (Lipinski definition) is 7. The van der Waals surface area contributed by atoms with Crippen LogP contribution in [0.3, 0.4) is 0 Å². The molecule has 9 heteroatoms. The number of carbonyl (C=O) groups excluding carboxylic acids is 1. The van der Waals surface area contributed by atoms with Crippen molar-refractivity contribution >= 4 is 53.8 Å². The van der Waals surface area contributed by atoms with Crippen LogP contribution in [0.25, 0.3) is 10.2 Å². The molecule has 4 rings (SSSR count). The monoisotopic (exact) mass is 472 g/mol. The van der Waals surface area contributed by atoms with Crippen molar-refractivity contribution in [2.24, 2.45) is 0 Å². The van der Waals surface area contributed by atoms with Crippen molar-refractivity contribution in [2.75, 3.05) is 24.8 Å².